The number of aliphatic hydroxyl groups excluding tert-OH is 1. The summed E-state index contributed by atoms with van der Waals surface area (Å²) in [4.78, 5) is 62.1. The van der Waals surface area contributed by atoms with Crippen molar-refractivity contribution in [2.75, 3.05) is 26.7 Å². The Balaban J connectivity index is 1.59. The van der Waals surface area contributed by atoms with Gasteiger partial charge >= 0.3 is 12.1 Å². The highest BCUT2D eigenvalue weighted by molar-refractivity contribution is 5.88. The number of hydrogen-bond acceptors (Lipinski definition) is 8. The number of hydrogen-bond donors (Lipinski definition) is 4. The number of aromatic nitrogens is 1. The van der Waals surface area contributed by atoms with Gasteiger partial charge in [0.1, 0.15) is 12.1 Å². The van der Waals surface area contributed by atoms with Crippen LogP contribution < -0.4 is 16.1 Å². The van der Waals surface area contributed by atoms with E-state index < -0.39 is 41.6 Å². The topological polar surface area (TPSA) is 156 Å². The number of alkyl carbamates (subject to hydrolysis) is 1. The van der Waals surface area contributed by atoms with Crippen LogP contribution in [0.25, 0.3) is 0 Å². The Morgan fingerprint density at radius 1 is 0.926 bits per heavy atom. The molecular formula is C41H57N7O6. The van der Waals surface area contributed by atoms with Crippen LogP contribution in [-0.2, 0) is 33.8 Å². The summed E-state index contributed by atoms with van der Waals surface area (Å²) in [7, 11) is 1.23. The van der Waals surface area contributed by atoms with E-state index in [-0.39, 0.29) is 30.9 Å². The lowest BCUT2D eigenvalue weighted by molar-refractivity contribution is -0.132. The molecule has 1 aromatic heterocycles. The number of nitrogens with zero attached hydrogens (tertiary/aromatic N) is 4. The third-order valence-electron chi connectivity index (χ3n) is 9.77. The largest absolute Gasteiger partial charge is 0.453 e. The van der Waals surface area contributed by atoms with Crippen molar-refractivity contribution in [3.05, 3.63) is 101 Å². The van der Waals surface area contributed by atoms with Crippen molar-refractivity contribution >= 4 is 23.9 Å². The van der Waals surface area contributed by atoms with Crippen LogP contribution in [0.5, 0.6) is 0 Å². The van der Waals surface area contributed by atoms with Crippen molar-refractivity contribution in [1.29, 1.82) is 0 Å². The molecule has 2 heterocycles. The highest BCUT2D eigenvalue weighted by Gasteiger charge is 2.41. The van der Waals surface area contributed by atoms with Crippen molar-refractivity contribution in [3.8, 4) is 0 Å². The molecule has 0 spiro atoms. The minimum Gasteiger partial charge on any atom is -0.453 e. The summed E-state index contributed by atoms with van der Waals surface area (Å²) in [5.74, 6) is -1.03. The maximum Gasteiger partial charge on any atom is 0.407 e. The van der Waals surface area contributed by atoms with Crippen LogP contribution in [0.2, 0.25) is 0 Å². The molecule has 13 nitrogen and oxygen atoms in total. The minimum atomic E-state index is -1.17. The zero-order chi connectivity index (χ0) is 39.4. The maximum absolute atomic E-state index is 14.4. The second-order valence-corrected chi connectivity index (χ2v) is 15.1. The molecule has 0 unspecified atom stereocenters. The van der Waals surface area contributed by atoms with Gasteiger partial charge in [0.2, 0.25) is 5.91 Å². The molecule has 4 rings (SSSR count). The van der Waals surface area contributed by atoms with Gasteiger partial charge in [0.25, 0.3) is 5.91 Å². The number of hydrazine groups is 1. The molecule has 1 saturated heterocycles. The third-order valence-corrected chi connectivity index (χ3v) is 9.77. The molecule has 0 aliphatic carbocycles. The molecule has 292 valence electrons. The predicted molar refractivity (Wildman–Crippen MR) is 207 cm³/mol. The lowest BCUT2D eigenvalue weighted by Crippen LogP contribution is -2.60. The summed E-state index contributed by atoms with van der Waals surface area (Å²) < 4.78 is 4.79. The molecule has 0 bridgehead atoms. The second-order valence-electron chi connectivity index (χ2n) is 15.1. The van der Waals surface area contributed by atoms with Gasteiger partial charge in [-0.3, -0.25) is 20.0 Å². The lowest BCUT2D eigenvalue weighted by atomic mass is 9.86. The Hall–Kier alpha value is -5.01. The van der Waals surface area contributed by atoms with Crippen molar-refractivity contribution in [2.45, 2.75) is 91.7 Å². The molecule has 3 aromatic rings. The summed E-state index contributed by atoms with van der Waals surface area (Å²) in [6.07, 6.45) is -0.969. The number of pyridine rings is 1. The van der Waals surface area contributed by atoms with E-state index in [1.807, 2.05) is 120 Å². The first-order valence-electron chi connectivity index (χ1n) is 18.6. The molecule has 5 atom stereocenters. The number of aliphatic hydroxyl groups is 1. The Kier molecular flexibility index (Phi) is 15.0. The summed E-state index contributed by atoms with van der Waals surface area (Å²) in [5.41, 5.74) is 5.66. The molecular weight excluding hydrogens is 686 g/mol. The van der Waals surface area contributed by atoms with Gasteiger partial charge in [-0.2, -0.15) is 0 Å². The number of urea groups is 1. The number of aryl methyl sites for hydroxylation is 1. The SMILES string of the molecule is CC[C@H](C)[C@@H](C(=O)N[C@@H](Cc1ccccc1)[C@@H](O)CN(Cc1ccccc1)NC(=O)[C@@H](NC(=O)OC)C(C)(C)C)N1CCN(Cc2cccc(C)n2)C1=O. The Morgan fingerprint density at radius 3 is 2.17 bits per heavy atom. The van der Waals surface area contributed by atoms with Crippen LogP contribution in [0.4, 0.5) is 9.59 Å². The van der Waals surface area contributed by atoms with E-state index in [0.29, 0.717) is 32.5 Å². The summed E-state index contributed by atoms with van der Waals surface area (Å²) in [6, 6.07) is 22.0. The predicted octanol–water partition coefficient (Wildman–Crippen LogP) is 4.43. The maximum atomic E-state index is 14.4. The molecule has 54 heavy (non-hydrogen) atoms. The van der Waals surface area contributed by atoms with Gasteiger partial charge < -0.3 is 30.3 Å². The first-order chi connectivity index (χ1) is 25.7. The quantitative estimate of drug-likeness (QED) is 0.148. The standard InChI is InChI=1S/C41H57N7O6/c1-8-28(2)35(48-23-22-46(40(48)53)26-32-21-15-16-29(3)42-32)37(50)43-33(24-30-17-11-9-12-18-30)34(49)27-47(25-31-19-13-10-14-20-31)45-38(51)36(41(4,5)6)44-39(52)54-7/h9-21,28,33-36,49H,8,22-27H2,1-7H3,(H,43,50)(H,44,52)(H,45,51)/t28-,33-,34-,35-,36+/m0/s1. The number of ether oxygens (including phenoxy) is 1. The fraction of sp³-hybridized carbons (Fsp3) is 0.488. The Bertz CT molecular complexity index is 1690. The molecule has 13 heteroatoms. The van der Waals surface area contributed by atoms with Gasteiger partial charge in [-0.15, -0.1) is 0 Å². The van der Waals surface area contributed by atoms with E-state index in [2.05, 4.69) is 21.0 Å². The van der Waals surface area contributed by atoms with Crippen molar-refractivity contribution in [2.24, 2.45) is 11.3 Å². The van der Waals surface area contributed by atoms with Gasteiger partial charge in [-0.25, -0.2) is 14.6 Å². The van der Waals surface area contributed by atoms with E-state index >= 15 is 0 Å². The first kappa shape index (κ1) is 41.7. The first-order valence-corrected chi connectivity index (χ1v) is 18.6. The summed E-state index contributed by atoms with van der Waals surface area (Å²) >= 11 is 0. The van der Waals surface area contributed by atoms with Crippen LogP contribution in [0, 0.1) is 18.3 Å². The average molecular weight is 744 g/mol. The third kappa shape index (κ3) is 11.7. The summed E-state index contributed by atoms with van der Waals surface area (Å²) in [5, 5.41) is 19.3. The number of nitrogens with one attached hydrogen (secondary N) is 3. The highest BCUT2D eigenvalue weighted by Crippen LogP contribution is 2.24. The highest BCUT2D eigenvalue weighted by atomic mass is 16.5. The smallest absolute Gasteiger partial charge is 0.407 e. The number of carbonyl (C=O) groups is 4. The van der Waals surface area contributed by atoms with Crippen LogP contribution in [-0.4, -0.2) is 99.8 Å². The zero-order valence-corrected chi connectivity index (χ0v) is 32.6. The minimum absolute atomic E-state index is 0.0680. The van der Waals surface area contributed by atoms with Gasteiger partial charge in [-0.05, 0) is 47.9 Å². The second kappa shape index (κ2) is 19.4. The number of methoxy groups -OCH3 is 1. The molecule has 4 N–H and O–H groups in total. The van der Waals surface area contributed by atoms with E-state index in [9.17, 15) is 24.3 Å². The van der Waals surface area contributed by atoms with E-state index in [4.69, 9.17) is 4.74 Å². The normalized spacial score (nSPS) is 16.0. The van der Waals surface area contributed by atoms with Crippen LogP contribution >= 0.6 is 0 Å². The molecule has 0 radical (unpaired) electrons. The Morgan fingerprint density at radius 2 is 1.57 bits per heavy atom. The van der Waals surface area contributed by atoms with E-state index in [0.717, 1.165) is 22.5 Å². The average Bonchev–Trinajstić information content (AvgIpc) is 3.48. The monoisotopic (exact) mass is 743 g/mol. The van der Waals surface area contributed by atoms with Crippen LogP contribution in [0.3, 0.4) is 0 Å². The molecule has 1 aliphatic heterocycles. The van der Waals surface area contributed by atoms with Crippen LogP contribution in [0.15, 0.2) is 78.9 Å². The molecule has 0 saturated carbocycles. The van der Waals surface area contributed by atoms with Crippen LogP contribution in [0.1, 0.15) is 63.6 Å². The molecule has 1 fully saturated rings. The Labute approximate surface area is 319 Å². The van der Waals surface area contributed by atoms with Gasteiger partial charge in [0.15, 0.2) is 0 Å². The van der Waals surface area contributed by atoms with Crippen molar-refractivity contribution in [1.82, 2.24) is 35.9 Å². The fourth-order valence-corrected chi connectivity index (χ4v) is 6.62. The number of amides is 5. The molecule has 1 aliphatic rings. The van der Waals surface area contributed by atoms with Crippen molar-refractivity contribution in [3.63, 3.8) is 0 Å². The van der Waals surface area contributed by atoms with Crippen molar-refractivity contribution < 1.29 is 29.0 Å². The van der Waals surface area contributed by atoms with Gasteiger partial charge in [-0.1, -0.05) is 108 Å². The van der Waals surface area contributed by atoms with Gasteiger partial charge in [0.05, 0.1) is 31.5 Å². The number of carbonyl (C=O) groups excluding carboxylic acids is 4. The molecule has 2 aromatic carbocycles. The molecule has 5 amide bonds. The van der Waals surface area contributed by atoms with Gasteiger partial charge in [0, 0.05) is 31.9 Å². The number of rotatable bonds is 17. The number of benzene rings is 2. The summed E-state index contributed by atoms with van der Waals surface area (Å²) in [6.45, 7) is 12.7. The fourth-order valence-electron chi connectivity index (χ4n) is 6.62. The zero-order valence-electron chi connectivity index (χ0n) is 32.6. The van der Waals surface area contributed by atoms with E-state index in [1.165, 1.54) is 7.11 Å². The lowest BCUT2D eigenvalue weighted by Gasteiger charge is -2.36. The van der Waals surface area contributed by atoms with E-state index in [1.54, 1.807) is 14.8 Å².